The molecule has 0 rings (SSSR count). The van der Waals surface area contributed by atoms with Crippen molar-refractivity contribution < 1.29 is 0 Å². The Balaban J connectivity index is 5.43. The third-order valence-electron chi connectivity index (χ3n) is 3.13. The van der Waals surface area contributed by atoms with Crippen molar-refractivity contribution >= 4 is 22.3 Å². The molecule has 0 atom stereocenters. The van der Waals surface area contributed by atoms with Crippen molar-refractivity contribution in [2.75, 3.05) is 0 Å². The molecule has 0 unspecified atom stereocenters. The predicted octanol–water partition coefficient (Wildman–Crippen LogP) is 3.72. The number of hydrogen-bond acceptors (Lipinski definition) is 0. The number of rotatable bonds is 4. The van der Waals surface area contributed by atoms with E-state index in [2.05, 4.69) is 63.8 Å². The van der Waals surface area contributed by atoms with Gasteiger partial charge >= 0.3 is 0 Å². The first-order valence-corrected chi connectivity index (χ1v) is 16.0. The van der Waals surface area contributed by atoms with E-state index in [0.29, 0.717) is 0 Å². The summed E-state index contributed by atoms with van der Waals surface area (Å²) in [6.45, 7) is 23.0. The Hall–Kier alpha value is 0.131. The highest BCUT2D eigenvalue weighted by Gasteiger charge is 2.50. The summed E-state index contributed by atoms with van der Waals surface area (Å²) < 4.78 is 0. The maximum atomic E-state index is 4.10. The van der Waals surface area contributed by atoms with Crippen LogP contribution in [0.25, 0.3) is 0 Å². The Kier molecular flexibility index (Phi) is 3.75. The van der Waals surface area contributed by atoms with Gasteiger partial charge in [0.15, 0.2) is 0 Å². The van der Waals surface area contributed by atoms with Crippen LogP contribution in [0.15, 0.2) is 24.6 Å². The van der Waals surface area contributed by atoms with E-state index in [-0.39, 0.29) is 0 Å². The molecule has 76 valence electrons. The molecule has 0 aliphatic rings. The first-order chi connectivity index (χ1) is 5.62. The predicted molar refractivity (Wildman–Crippen MR) is 72.8 cm³/mol. The lowest BCUT2D eigenvalue weighted by atomic mass is 11.2. The molecule has 0 amide bonds. The summed E-state index contributed by atoms with van der Waals surface area (Å²) in [6, 6.07) is 0. The Morgan fingerprint density at radius 2 is 0.923 bits per heavy atom. The van der Waals surface area contributed by atoms with E-state index in [1.54, 1.807) is 0 Å². The van der Waals surface area contributed by atoms with E-state index < -0.39 is 22.3 Å². The van der Waals surface area contributed by atoms with E-state index in [0.717, 1.165) is 0 Å². The van der Waals surface area contributed by atoms with Gasteiger partial charge in [0.25, 0.3) is 0 Å². The van der Waals surface area contributed by atoms with Crippen LogP contribution < -0.4 is 0 Å². The van der Waals surface area contributed by atoms with Gasteiger partial charge in [-0.2, -0.15) is 0 Å². The second-order valence-electron chi connectivity index (χ2n) is 5.78. The van der Waals surface area contributed by atoms with Gasteiger partial charge < -0.3 is 0 Å². The van der Waals surface area contributed by atoms with Gasteiger partial charge in [-0.05, 0) is 0 Å². The molecule has 0 radical (unpaired) electrons. The molecule has 3 heteroatoms. The van der Waals surface area contributed by atoms with Crippen LogP contribution in [0.3, 0.4) is 0 Å². The minimum atomic E-state index is -1.34. The fraction of sp³-hybridized carbons (Fsp3) is 0.600. The molecule has 0 aliphatic heterocycles. The van der Waals surface area contributed by atoms with Gasteiger partial charge in [-0.3, -0.25) is 0 Å². The van der Waals surface area contributed by atoms with Gasteiger partial charge in [0.1, 0.15) is 0 Å². The molecule has 0 bridgehead atoms. The monoisotopic (exact) mass is 228 g/mol. The largest absolute Gasteiger partial charge is 0.107 e. The first-order valence-electron chi connectivity index (χ1n) is 4.89. The van der Waals surface area contributed by atoms with Crippen molar-refractivity contribution in [2.24, 2.45) is 0 Å². The second kappa shape index (κ2) is 3.71. The quantitative estimate of drug-likeness (QED) is 0.644. The minimum Gasteiger partial charge on any atom is -0.107 e. The minimum absolute atomic E-state index is 1.11. The molecule has 0 spiro atoms. The average molecular weight is 229 g/mol. The van der Waals surface area contributed by atoms with Crippen molar-refractivity contribution in [3.8, 4) is 0 Å². The van der Waals surface area contributed by atoms with Crippen LogP contribution in [0, 0.1) is 0 Å². The van der Waals surface area contributed by atoms with Gasteiger partial charge in [-0.25, -0.2) is 0 Å². The maximum absolute atomic E-state index is 4.10. The maximum Gasteiger partial charge on any atom is 0.0845 e. The van der Waals surface area contributed by atoms with Crippen molar-refractivity contribution in [1.29, 1.82) is 0 Å². The van der Waals surface area contributed by atoms with Crippen molar-refractivity contribution in [2.45, 2.75) is 39.3 Å². The van der Waals surface area contributed by atoms with Crippen LogP contribution in [0.1, 0.15) is 0 Å². The molecule has 0 nitrogen and oxygen atoms in total. The normalized spacial score (nSPS) is 14.0. The molecule has 0 saturated heterocycles. The molecule has 0 aromatic carbocycles. The van der Waals surface area contributed by atoms with Crippen molar-refractivity contribution in [3.05, 3.63) is 24.6 Å². The third kappa shape index (κ3) is 2.14. The lowest BCUT2D eigenvalue weighted by Gasteiger charge is -2.46. The highest BCUT2D eigenvalue weighted by atomic mass is 29.6. The lowest BCUT2D eigenvalue weighted by Crippen LogP contribution is -2.69. The molecule has 0 saturated carbocycles. The van der Waals surface area contributed by atoms with Gasteiger partial charge in [-0.15, -0.1) is 24.6 Å². The SMILES string of the molecule is C=C[Si](C=C)([Si](C)(C)C)[Si](C)(C)C. The van der Waals surface area contributed by atoms with Crippen LogP contribution in [-0.2, 0) is 0 Å². The smallest absolute Gasteiger partial charge is 0.0845 e. The molecule has 0 fully saturated rings. The first kappa shape index (κ1) is 13.1. The average Bonchev–Trinajstić information content (AvgIpc) is 1.84. The molecule has 0 aromatic heterocycles. The van der Waals surface area contributed by atoms with Crippen LogP contribution >= 0.6 is 0 Å². The van der Waals surface area contributed by atoms with E-state index in [1.165, 1.54) is 0 Å². The van der Waals surface area contributed by atoms with Gasteiger partial charge in [0, 0.05) is 15.2 Å². The van der Waals surface area contributed by atoms with Crippen LogP contribution in [0.2, 0.25) is 39.3 Å². The Morgan fingerprint density at radius 3 is 0.923 bits per heavy atom. The van der Waals surface area contributed by atoms with Crippen molar-refractivity contribution in [3.63, 3.8) is 0 Å². The van der Waals surface area contributed by atoms with Crippen LogP contribution in [0.4, 0.5) is 0 Å². The molecule has 13 heavy (non-hydrogen) atoms. The highest BCUT2D eigenvalue weighted by Crippen LogP contribution is 2.30. The number of hydrogen-bond donors (Lipinski definition) is 0. The third-order valence-corrected chi connectivity index (χ3v) is 40.2. The summed E-state index contributed by atoms with van der Waals surface area (Å²) in [5.41, 5.74) is 4.61. The fourth-order valence-corrected chi connectivity index (χ4v) is 41.6. The van der Waals surface area contributed by atoms with Gasteiger partial charge in [-0.1, -0.05) is 39.3 Å². The fourth-order valence-electron chi connectivity index (χ4n) is 2.43. The Bertz CT molecular complexity index is 181. The summed E-state index contributed by atoms with van der Waals surface area (Å²) >= 11 is 0. The summed E-state index contributed by atoms with van der Waals surface area (Å²) in [6.07, 6.45) is 0. The van der Waals surface area contributed by atoms with Gasteiger partial charge in [0.05, 0.1) is 7.11 Å². The molecule has 0 aromatic rings. The second-order valence-corrected chi connectivity index (χ2v) is 32.8. The van der Waals surface area contributed by atoms with Crippen molar-refractivity contribution in [1.82, 2.24) is 0 Å². The molecule has 0 heterocycles. The zero-order chi connectivity index (χ0) is 10.9. The van der Waals surface area contributed by atoms with Gasteiger partial charge in [0.2, 0.25) is 0 Å². The van der Waals surface area contributed by atoms with E-state index >= 15 is 0 Å². The molecular formula is C10H24Si3. The molecule has 0 N–H and O–H groups in total. The molecular weight excluding hydrogens is 204 g/mol. The van der Waals surface area contributed by atoms with Crippen LogP contribution in [0.5, 0.6) is 0 Å². The zero-order valence-corrected chi connectivity index (χ0v) is 13.1. The topological polar surface area (TPSA) is 0 Å². The van der Waals surface area contributed by atoms with Crippen LogP contribution in [-0.4, -0.2) is 22.3 Å². The highest BCUT2D eigenvalue weighted by molar-refractivity contribution is 7.72. The summed E-state index contributed by atoms with van der Waals surface area (Å²) in [7, 11) is -3.56. The summed E-state index contributed by atoms with van der Waals surface area (Å²) in [5.74, 6) is 0. The van der Waals surface area contributed by atoms with E-state index in [4.69, 9.17) is 0 Å². The summed E-state index contributed by atoms with van der Waals surface area (Å²) in [4.78, 5) is 0. The Morgan fingerprint density at radius 1 is 0.692 bits per heavy atom. The Labute approximate surface area is 86.4 Å². The standard InChI is InChI=1S/C10H24Si3/c1-9-13(10-2,11(3,4)5)12(6,7)8/h9-10H,1-2H2,3-8H3. The van der Waals surface area contributed by atoms with E-state index in [1.807, 2.05) is 0 Å². The lowest BCUT2D eigenvalue weighted by molar-refractivity contribution is 1.77. The molecule has 0 aliphatic carbocycles. The zero-order valence-electron chi connectivity index (χ0n) is 10.1. The van der Waals surface area contributed by atoms with E-state index in [9.17, 15) is 0 Å². The summed E-state index contributed by atoms with van der Waals surface area (Å²) in [5, 5.41) is 0.